The second-order valence-corrected chi connectivity index (χ2v) is 7.54. The van der Waals surface area contributed by atoms with Gasteiger partial charge in [-0.3, -0.25) is 4.98 Å². The van der Waals surface area contributed by atoms with Gasteiger partial charge in [0.15, 0.2) is 0 Å². The van der Waals surface area contributed by atoms with Crippen molar-refractivity contribution < 1.29 is 8.42 Å². The number of pyridine rings is 1. The third-order valence-corrected chi connectivity index (χ3v) is 5.91. The summed E-state index contributed by atoms with van der Waals surface area (Å²) in [5.41, 5.74) is 2.10. The van der Waals surface area contributed by atoms with Crippen molar-refractivity contribution in [3.05, 3.63) is 65.5 Å². The van der Waals surface area contributed by atoms with Gasteiger partial charge in [-0.15, -0.1) is 0 Å². The van der Waals surface area contributed by atoms with Crippen molar-refractivity contribution in [3.63, 3.8) is 0 Å². The molecule has 0 saturated carbocycles. The Morgan fingerprint density at radius 1 is 1.26 bits per heavy atom. The molecule has 1 aromatic carbocycles. The largest absolute Gasteiger partial charge is 0.265 e. The topological polar surface area (TPSA) is 74.1 Å². The number of rotatable bonds is 4. The second-order valence-electron chi connectivity index (χ2n) is 5.62. The van der Waals surface area contributed by atoms with E-state index in [1.165, 1.54) is 0 Å². The zero-order valence-electron chi connectivity index (χ0n) is 12.6. The van der Waals surface area contributed by atoms with Crippen molar-refractivity contribution in [2.24, 2.45) is 0 Å². The summed E-state index contributed by atoms with van der Waals surface area (Å²) in [6.45, 7) is 0.535. The first-order valence-electron chi connectivity index (χ1n) is 7.48. The molecule has 0 spiro atoms. The van der Waals surface area contributed by atoms with Crippen LogP contribution in [0.5, 0.6) is 0 Å². The molecule has 0 radical (unpaired) electrons. The smallest absolute Gasteiger partial charge is 0.218 e. The molecule has 1 atom stereocenters. The molecule has 5 nitrogen and oxygen atoms in total. The SMILES string of the molecule is N#Cc1cccc(CS(=O)(=O)N2CCCC2c2ccncc2)c1. The Morgan fingerprint density at radius 3 is 2.78 bits per heavy atom. The van der Waals surface area contributed by atoms with Crippen LogP contribution < -0.4 is 0 Å². The fraction of sp³-hybridized carbons (Fsp3) is 0.294. The highest BCUT2D eigenvalue weighted by atomic mass is 32.2. The average Bonchev–Trinajstić information content (AvgIpc) is 3.06. The summed E-state index contributed by atoms with van der Waals surface area (Å²) in [4.78, 5) is 3.99. The maximum absolute atomic E-state index is 12.8. The van der Waals surface area contributed by atoms with Crippen LogP contribution in [0, 0.1) is 11.3 Å². The van der Waals surface area contributed by atoms with E-state index < -0.39 is 10.0 Å². The van der Waals surface area contributed by atoms with Crippen LogP contribution in [-0.4, -0.2) is 24.3 Å². The van der Waals surface area contributed by atoms with Gasteiger partial charge in [0.1, 0.15) is 0 Å². The summed E-state index contributed by atoms with van der Waals surface area (Å²) in [6, 6.07) is 12.4. The quantitative estimate of drug-likeness (QED) is 0.865. The fourth-order valence-electron chi connectivity index (χ4n) is 3.02. The van der Waals surface area contributed by atoms with Crippen LogP contribution in [0.3, 0.4) is 0 Å². The maximum Gasteiger partial charge on any atom is 0.218 e. The van der Waals surface area contributed by atoms with Crippen molar-refractivity contribution >= 4 is 10.0 Å². The fourth-order valence-corrected chi connectivity index (χ4v) is 4.80. The van der Waals surface area contributed by atoms with E-state index in [2.05, 4.69) is 4.98 Å². The lowest BCUT2D eigenvalue weighted by atomic mass is 10.1. The first kappa shape index (κ1) is 15.7. The van der Waals surface area contributed by atoms with Crippen molar-refractivity contribution in [1.82, 2.24) is 9.29 Å². The van der Waals surface area contributed by atoms with Gasteiger partial charge in [-0.25, -0.2) is 8.42 Å². The third-order valence-electron chi connectivity index (χ3n) is 4.06. The summed E-state index contributed by atoms with van der Waals surface area (Å²) >= 11 is 0. The highest BCUT2D eigenvalue weighted by Gasteiger charge is 2.35. The van der Waals surface area contributed by atoms with Gasteiger partial charge in [0, 0.05) is 25.0 Å². The molecular weight excluding hydrogens is 310 g/mol. The Bertz CT molecular complexity index is 828. The minimum atomic E-state index is -3.43. The molecule has 1 aromatic heterocycles. The average molecular weight is 327 g/mol. The van der Waals surface area contributed by atoms with Crippen molar-refractivity contribution in [3.8, 4) is 6.07 Å². The molecule has 1 unspecified atom stereocenters. The van der Waals surface area contributed by atoms with Crippen molar-refractivity contribution in [2.45, 2.75) is 24.6 Å². The molecule has 1 fully saturated rings. The van der Waals surface area contributed by atoms with Gasteiger partial charge in [-0.2, -0.15) is 9.57 Å². The zero-order chi connectivity index (χ0) is 16.3. The molecule has 0 bridgehead atoms. The molecule has 1 aliphatic rings. The van der Waals surface area contributed by atoms with Crippen molar-refractivity contribution in [1.29, 1.82) is 5.26 Å². The molecule has 118 valence electrons. The van der Waals surface area contributed by atoms with Crippen LogP contribution in [0.4, 0.5) is 0 Å². The first-order chi connectivity index (χ1) is 11.1. The summed E-state index contributed by atoms with van der Waals surface area (Å²) in [5, 5.41) is 8.95. The number of sulfonamides is 1. The molecule has 1 saturated heterocycles. The van der Waals surface area contributed by atoms with Gasteiger partial charge >= 0.3 is 0 Å². The second kappa shape index (κ2) is 6.49. The molecule has 0 N–H and O–H groups in total. The van der Waals surface area contributed by atoms with Gasteiger partial charge in [-0.1, -0.05) is 12.1 Å². The molecule has 2 heterocycles. The molecule has 23 heavy (non-hydrogen) atoms. The van der Waals surface area contributed by atoms with Gasteiger partial charge in [0.05, 0.1) is 17.4 Å². The molecule has 0 amide bonds. The van der Waals surface area contributed by atoms with Crippen LogP contribution in [0.25, 0.3) is 0 Å². The molecule has 0 aliphatic carbocycles. The lowest BCUT2D eigenvalue weighted by molar-refractivity contribution is 0.396. The van der Waals surface area contributed by atoms with E-state index in [1.54, 1.807) is 41.0 Å². The standard InChI is InChI=1S/C17H17N3O2S/c18-12-14-3-1-4-15(11-14)13-23(21,22)20-10-2-5-17(20)16-6-8-19-9-7-16/h1,3-4,6-9,11,17H,2,5,10,13H2. The van der Waals surface area contributed by atoms with Crippen LogP contribution in [0.15, 0.2) is 48.8 Å². The Kier molecular flexibility index (Phi) is 4.42. The molecule has 2 aromatic rings. The summed E-state index contributed by atoms with van der Waals surface area (Å²) in [6.07, 6.45) is 5.05. The van der Waals surface area contributed by atoms with Gasteiger partial charge < -0.3 is 0 Å². The molecular formula is C17H17N3O2S. The first-order valence-corrected chi connectivity index (χ1v) is 9.09. The van der Waals surface area contributed by atoms with Gasteiger partial charge in [0.2, 0.25) is 10.0 Å². The predicted molar refractivity (Wildman–Crippen MR) is 86.7 cm³/mol. The van der Waals surface area contributed by atoms with E-state index in [9.17, 15) is 8.42 Å². The van der Waals surface area contributed by atoms with E-state index in [0.29, 0.717) is 17.7 Å². The Balaban J connectivity index is 1.85. The Hall–Kier alpha value is -2.23. The predicted octanol–water partition coefficient (Wildman–Crippen LogP) is 2.62. The van der Waals surface area contributed by atoms with Gasteiger partial charge in [-0.05, 0) is 48.2 Å². The lowest BCUT2D eigenvalue weighted by Gasteiger charge is -2.24. The van der Waals surface area contributed by atoms with Crippen LogP contribution in [0.1, 0.15) is 35.6 Å². The highest BCUT2D eigenvalue weighted by molar-refractivity contribution is 7.88. The summed E-state index contributed by atoms with van der Waals surface area (Å²) in [5.74, 6) is -0.0793. The minimum absolute atomic E-state index is 0.0793. The van der Waals surface area contributed by atoms with Crippen LogP contribution in [0.2, 0.25) is 0 Å². The normalized spacial score (nSPS) is 18.7. The molecule has 3 rings (SSSR count). The van der Waals surface area contributed by atoms with E-state index >= 15 is 0 Å². The van der Waals surface area contributed by atoms with Crippen LogP contribution in [-0.2, 0) is 15.8 Å². The molecule has 6 heteroatoms. The van der Waals surface area contributed by atoms with Crippen LogP contribution >= 0.6 is 0 Å². The monoisotopic (exact) mass is 327 g/mol. The van der Waals surface area contributed by atoms with E-state index in [4.69, 9.17) is 5.26 Å². The number of nitriles is 1. The zero-order valence-corrected chi connectivity index (χ0v) is 13.4. The summed E-state index contributed by atoms with van der Waals surface area (Å²) < 4.78 is 27.2. The van der Waals surface area contributed by atoms with E-state index in [1.807, 2.05) is 18.2 Å². The lowest BCUT2D eigenvalue weighted by Crippen LogP contribution is -2.31. The van der Waals surface area contributed by atoms with E-state index in [-0.39, 0.29) is 11.8 Å². The number of benzene rings is 1. The van der Waals surface area contributed by atoms with E-state index in [0.717, 1.165) is 18.4 Å². The maximum atomic E-state index is 12.8. The number of nitrogens with zero attached hydrogens (tertiary/aromatic N) is 3. The highest BCUT2D eigenvalue weighted by Crippen LogP contribution is 2.34. The third kappa shape index (κ3) is 3.41. The Morgan fingerprint density at radius 2 is 2.04 bits per heavy atom. The minimum Gasteiger partial charge on any atom is -0.265 e. The number of hydrogen-bond donors (Lipinski definition) is 0. The number of aromatic nitrogens is 1. The van der Waals surface area contributed by atoms with Gasteiger partial charge in [0.25, 0.3) is 0 Å². The molecule has 1 aliphatic heterocycles. The Labute approximate surface area is 136 Å². The summed E-state index contributed by atoms with van der Waals surface area (Å²) in [7, 11) is -3.43. The van der Waals surface area contributed by atoms with Crippen molar-refractivity contribution in [2.75, 3.05) is 6.54 Å². The number of hydrogen-bond acceptors (Lipinski definition) is 4.